The number of carbonyl (C=O) groups excluding carboxylic acids is 2. The van der Waals surface area contributed by atoms with E-state index in [0.717, 1.165) is 36.5 Å². The standard InChI is InChI=1S/C24H16BrClINO3S/c25-18-5-10-21(31-14-16-3-8-20(27)9-4-16)17(11-18)12-22-23(29)28(24(30)32-22)13-15-1-6-19(26)7-2-15/h1-12H,13-14H2/b22-12+. The van der Waals surface area contributed by atoms with Gasteiger partial charge in [0.2, 0.25) is 0 Å². The molecular weight excluding hydrogens is 625 g/mol. The average molecular weight is 641 g/mol. The van der Waals surface area contributed by atoms with Crippen LogP contribution in [0.4, 0.5) is 4.79 Å². The van der Waals surface area contributed by atoms with Gasteiger partial charge in [-0.25, -0.2) is 0 Å². The molecule has 0 N–H and O–H groups in total. The summed E-state index contributed by atoms with van der Waals surface area (Å²) >= 11 is 12.6. The first-order valence-corrected chi connectivity index (χ1v) is 12.6. The van der Waals surface area contributed by atoms with Crippen LogP contribution in [0.25, 0.3) is 6.08 Å². The summed E-state index contributed by atoms with van der Waals surface area (Å²) in [5.41, 5.74) is 2.60. The topological polar surface area (TPSA) is 46.6 Å². The van der Waals surface area contributed by atoms with Gasteiger partial charge in [0.15, 0.2) is 0 Å². The zero-order chi connectivity index (χ0) is 22.7. The molecule has 3 aromatic carbocycles. The van der Waals surface area contributed by atoms with Gasteiger partial charge in [-0.3, -0.25) is 14.5 Å². The van der Waals surface area contributed by atoms with Crippen LogP contribution in [0.1, 0.15) is 16.7 Å². The molecule has 1 aliphatic rings. The molecule has 1 saturated heterocycles. The lowest BCUT2D eigenvalue weighted by Crippen LogP contribution is -2.27. The number of benzene rings is 3. The number of nitrogens with zero attached hydrogens (tertiary/aromatic N) is 1. The molecule has 3 aromatic rings. The lowest BCUT2D eigenvalue weighted by molar-refractivity contribution is -0.123. The van der Waals surface area contributed by atoms with Gasteiger partial charge in [0, 0.05) is 18.6 Å². The van der Waals surface area contributed by atoms with Crippen molar-refractivity contribution < 1.29 is 14.3 Å². The van der Waals surface area contributed by atoms with E-state index in [4.69, 9.17) is 16.3 Å². The van der Waals surface area contributed by atoms with Crippen LogP contribution in [0.3, 0.4) is 0 Å². The lowest BCUT2D eigenvalue weighted by Gasteiger charge is -2.12. The van der Waals surface area contributed by atoms with Gasteiger partial charge >= 0.3 is 0 Å². The van der Waals surface area contributed by atoms with Gasteiger partial charge < -0.3 is 4.74 Å². The molecule has 4 nitrogen and oxygen atoms in total. The normalized spacial score (nSPS) is 15.0. The van der Waals surface area contributed by atoms with E-state index in [1.807, 2.05) is 42.5 Å². The second-order valence-corrected chi connectivity index (χ2v) is 10.6. The third kappa shape index (κ3) is 5.75. The summed E-state index contributed by atoms with van der Waals surface area (Å²) in [4.78, 5) is 27.0. The quantitative estimate of drug-likeness (QED) is 0.207. The van der Waals surface area contributed by atoms with E-state index in [2.05, 4.69) is 38.5 Å². The number of carbonyl (C=O) groups is 2. The fourth-order valence-corrected chi connectivity index (χ4v) is 4.75. The number of rotatable bonds is 6. The first kappa shape index (κ1) is 23.4. The van der Waals surface area contributed by atoms with Gasteiger partial charge in [-0.15, -0.1) is 0 Å². The summed E-state index contributed by atoms with van der Waals surface area (Å²) < 4.78 is 8.03. The van der Waals surface area contributed by atoms with Crippen molar-refractivity contribution >= 4 is 79.1 Å². The largest absolute Gasteiger partial charge is 0.488 e. The maximum atomic E-state index is 12.9. The van der Waals surface area contributed by atoms with E-state index in [0.29, 0.717) is 22.3 Å². The molecule has 162 valence electrons. The van der Waals surface area contributed by atoms with Crippen LogP contribution in [-0.4, -0.2) is 16.0 Å². The number of hydrogen-bond donors (Lipinski definition) is 0. The van der Waals surface area contributed by atoms with Gasteiger partial charge in [-0.2, -0.15) is 0 Å². The maximum Gasteiger partial charge on any atom is 0.293 e. The molecule has 1 fully saturated rings. The highest BCUT2D eigenvalue weighted by Gasteiger charge is 2.35. The molecule has 1 aliphatic heterocycles. The smallest absolute Gasteiger partial charge is 0.293 e. The Morgan fingerprint density at radius 3 is 2.41 bits per heavy atom. The number of amides is 2. The molecule has 0 saturated carbocycles. The molecule has 0 atom stereocenters. The summed E-state index contributed by atoms with van der Waals surface area (Å²) in [6.07, 6.45) is 1.71. The Bertz CT molecular complexity index is 1200. The molecular formula is C24H16BrClINO3S. The van der Waals surface area contributed by atoms with Crippen LogP contribution in [0.5, 0.6) is 5.75 Å². The first-order chi connectivity index (χ1) is 15.4. The summed E-state index contributed by atoms with van der Waals surface area (Å²) in [5.74, 6) is 0.315. The van der Waals surface area contributed by atoms with E-state index < -0.39 is 0 Å². The minimum Gasteiger partial charge on any atom is -0.488 e. The van der Waals surface area contributed by atoms with E-state index >= 15 is 0 Å². The molecule has 0 aromatic heterocycles. The van der Waals surface area contributed by atoms with E-state index in [1.165, 1.54) is 4.90 Å². The first-order valence-electron chi connectivity index (χ1n) is 9.55. The Balaban J connectivity index is 1.54. The molecule has 0 unspecified atom stereocenters. The molecule has 0 aliphatic carbocycles. The van der Waals surface area contributed by atoms with Gasteiger partial charge in [-0.1, -0.05) is 51.8 Å². The van der Waals surface area contributed by atoms with Crippen molar-refractivity contribution in [2.75, 3.05) is 0 Å². The van der Waals surface area contributed by atoms with Crippen molar-refractivity contribution in [1.29, 1.82) is 0 Å². The van der Waals surface area contributed by atoms with Crippen molar-refractivity contribution in [3.8, 4) is 5.75 Å². The van der Waals surface area contributed by atoms with Crippen LogP contribution in [0.2, 0.25) is 5.02 Å². The minimum absolute atomic E-state index is 0.202. The van der Waals surface area contributed by atoms with Crippen LogP contribution < -0.4 is 4.74 Å². The molecule has 2 amide bonds. The summed E-state index contributed by atoms with van der Waals surface area (Å²) in [7, 11) is 0. The monoisotopic (exact) mass is 639 g/mol. The SMILES string of the molecule is O=C1S/C(=C/c2cc(Br)ccc2OCc2ccc(I)cc2)C(=O)N1Cc1ccc(Cl)cc1. The number of halogens is 3. The second kappa shape index (κ2) is 10.4. The fourth-order valence-electron chi connectivity index (χ4n) is 3.06. The van der Waals surface area contributed by atoms with Crippen molar-refractivity contribution in [2.24, 2.45) is 0 Å². The van der Waals surface area contributed by atoms with Crippen molar-refractivity contribution in [3.05, 3.63) is 101 Å². The number of ether oxygens (including phenoxy) is 1. The molecule has 1 heterocycles. The molecule has 32 heavy (non-hydrogen) atoms. The van der Waals surface area contributed by atoms with E-state index in [-0.39, 0.29) is 17.7 Å². The van der Waals surface area contributed by atoms with Gasteiger partial charge in [0.1, 0.15) is 12.4 Å². The van der Waals surface area contributed by atoms with E-state index in [9.17, 15) is 9.59 Å². The average Bonchev–Trinajstić information content (AvgIpc) is 3.03. The third-order valence-corrected chi connectivity index (χ3v) is 7.07. The fraction of sp³-hybridized carbons (Fsp3) is 0.0833. The lowest BCUT2D eigenvalue weighted by atomic mass is 10.1. The highest BCUT2D eigenvalue weighted by Crippen LogP contribution is 2.36. The molecule has 0 spiro atoms. The van der Waals surface area contributed by atoms with Crippen LogP contribution in [0.15, 0.2) is 76.1 Å². The Morgan fingerprint density at radius 2 is 1.69 bits per heavy atom. The van der Waals surface area contributed by atoms with Crippen LogP contribution >= 0.6 is 61.9 Å². The van der Waals surface area contributed by atoms with Crippen molar-refractivity contribution in [1.82, 2.24) is 4.90 Å². The molecule has 8 heteroatoms. The highest BCUT2D eigenvalue weighted by atomic mass is 127. The number of hydrogen-bond acceptors (Lipinski definition) is 4. The Hall–Kier alpha value is -1.81. The van der Waals surface area contributed by atoms with Crippen LogP contribution in [-0.2, 0) is 17.9 Å². The van der Waals surface area contributed by atoms with E-state index in [1.54, 1.807) is 30.3 Å². The Kier molecular flexibility index (Phi) is 7.60. The summed E-state index contributed by atoms with van der Waals surface area (Å²) in [5, 5.41) is 0.308. The predicted octanol–water partition coefficient (Wildman–Crippen LogP) is 7.52. The molecule has 0 radical (unpaired) electrons. The minimum atomic E-state index is -0.321. The zero-order valence-corrected chi connectivity index (χ0v) is 21.9. The third-order valence-electron chi connectivity index (χ3n) is 4.69. The predicted molar refractivity (Wildman–Crippen MR) is 141 cm³/mol. The van der Waals surface area contributed by atoms with Crippen molar-refractivity contribution in [3.63, 3.8) is 0 Å². The number of imide groups is 1. The Morgan fingerprint density at radius 1 is 1.00 bits per heavy atom. The Labute approximate surface area is 217 Å². The molecule has 0 bridgehead atoms. The maximum absolute atomic E-state index is 12.9. The number of thioether (sulfide) groups is 1. The zero-order valence-electron chi connectivity index (χ0n) is 16.6. The summed E-state index contributed by atoms with van der Waals surface area (Å²) in [6.45, 7) is 0.602. The highest BCUT2D eigenvalue weighted by molar-refractivity contribution is 14.1. The van der Waals surface area contributed by atoms with Crippen LogP contribution in [0, 0.1) is 3.57 Å². The molecule has 4 rings (SSSR count). The van der Waals surface area contributed by atoms with Gasteiger partial charge in [-0.05, 0) is 94.0 Å². The van der Waals surface area contributed by atoms with Gasteiger partial charge in [0.25, 0.3) is 11.1 Å². The van der Waals surface area contributed by atoms with Gasteiger partial charge in [0.05, 0.1) is 11.4 Å². The second-order valence-electron chi connectivity index (χ2n) is 6.99. The van der Waals surface area contributed by atoms with Crippen molar-refractivity contribution in [2.45, 2.75) is 13.2 Å². The summed E-state index contributed by atoms with van der Waals surface area (Å²) in [6, 6.07) is 20.8.